The standard InChI is InChI=1S/C15H22N2O/c1-14(2,3)12-7-5-6-8-13(12)18-10-9-15(4,17)11-16/h5-8H,9-10,17H2,1-4H3. The quantitative estimate of drug-likeness (QED) is 0.888. The molecule has 0 amide bonds. The van der Waals surface area contributed by atoms with Crippen molar-refractivity contribution in [3.05, 3.63) is 29.8 Å². The van der Waals surface area contributed by atoms with Crippen molar-refractivity contribution in [2.75, 3.05) is 6.61 Å². The molecule has 1 aromatic carbocycles. The molecule has 0 radical (unpaired) electrons. The van der Waals surface area contributed by atoms with Crippen LogP contribution in [0.3, 0.4) is 0 Å². The largest absolute Gasteiger partial charge is 0.493 e. The van der Waals surface area contributed by atoms with E-state index in [2.05, 4.69) is 32.9 Å². The van der Waals surface area contributed by atoms with Crippen LogP contribution >= 0.6 is 0 Å². The number of nitrogens with two attached hydrogens (primary N) is 1. The molecule has 3 heteroatoms. The monoisotopic (exact) mass is 246 g/mol. The number of hydrogen-bond acceptors (Lipinski definition) is 3. The lowest BCUT2D eigenvalue weighted by Gasteiger charge is -2.23. The van der Waals surface area contributed by atoms with Gasteiger partial charge in [0.25, 0.3) is 0 Å². The van der Waals surface area contributed by atoms with E-state index in [0.29, 0.717) is 13.0 Å². The average molecular weight is 246 g/mol. The molecule has 18 heavy (non-hydrogen) atoms. The summed E-state index contributed by atoms with van der Waals surface area (Å²) in [5.41, 5.74) is 6.15. The summed E-state index contributed by atoms with van der Waals surface area (Å²) in [5.74, 6) is 0.874. The van der Waals surface area contributed by atoms with Gasteiger partial charge in [0, 0.05) is 6.42 Å². The summed E-state index contributed by atoms with van der Waals surface area (Å²) in [5, 5.41) is 8.84. The second-order valence-electron chi connectivity index (χ2n) is 5.87. The summed E-state index contributed by atoms with van der Waals surface area (Å²) >= 11 is 0. The normalized spacial score (nSPS) is 14.7. The molecule has 0 saturated heterocycles. The number of nitrogens with zero attached hydrogens (tertiary/aromatic N) is 1. The van der Waals surface area contributed by atoms with Gasteiger partial charge in [0.15, 0.2) is 0 Å². The van der Waals surface area contributed by atoms with E-state index in [4.69, 9.17) is 15.7 Å². The summed E-state index contributed by atoms with van der Waals surface area (Å²) < 4.78 is 5.77. The minimum Gasteiger partial charge on any atom is -0.493 e. The van der Waals surface area contributed by atoms with Gasteiger partial charge in [-0.15, -0.1) is 0 Å². The first-order valence-electron chi connectivity index (χ1n) is 6.19. The third-order valence-corrected chi connectivity index (χ3v) is 2.83. The van der Waals surface area contributed by atoms with Crippen molar-refractivity contribution >= 4 is 0 Å². The summed E-state index contributed by atoms with van der Waals surface area (Å²) in [6.45, 7) is 8.62. The van der Waals surface area contributed by atoms with Crippen LogP contribution in [0.5, 0.6) is 5.75 Å². The summed E-state index contributed by atoms with van der Waals surface area (Å²) in [6, 6.07) is 10.1. The second-order valence-corrected chi connectivity index (χ2v) is 5.87. The maximum atomic E-state index is 8.84. The highest BCUT2D eigenvalue weighted by atomic mass is 16.5. The van der Waals surface area contributed by atoms with E-state index in [1.807, 2.05) is 18.2 Å². The average Bonchev–Trinajstić information content (AvgIpc) is 2.28. The van der Waals surface area contributed by atoms with Crippen LogP contribution in [-0.2, 0) is 5.41 Å². The summed E-state index contributed by atoms with van der Waals surface area (Å²) in [7, 11) is 0. The van der Waals surface area contributed by atoms with Gasteiger partial charge < -0.3 is 10.5 Å². The first-order chi connectivity index (χ1) is 8.26. The van der Waals surface area contributed by atoms with Gasteiger partial charge in [0.2, 0.25) is 0 Å². The fourth-order valence-corrected chi connectivity index (χ4v) is 1.64. The van der Waals surface area contributed by atoms with Crippen LogP contribution < -0.4 is 10.5 Å². The van der Waals surface area contributed by atoms with Crippen LogP contribution in [0.4, 0.5) is 0 Å². The Morgan fingerprint density at radius 2 is 1.83 bits per heavy atom. The van der Waals surface area contributed by atoms with E-state index in [9.17, 15) is 0 Å². The second kappa shape index (κ2) is 5.41. The molecule has 2 N–H and O–H groups in total. The first kappa shape index (κ1) is 14.5. The Morgan fingerprint density at radius 1 is 1.22 bits per heavy atom. The number of nitriles is 1. The van der Waals surface area contributed by atoms with E-state index in [-0.39, 0.29) is 5.41 Å². The minimum absolute atomic E-state index is 0.0395. The van der Waals surface area contributed by atoms with Crippen LogP contribution in [0.25, 0.3) is 0 Å². The van der Waals surface area contributed by atoms with Gasteiger partial charge in [-0.05, 0) is 24.0 Å². The third-order valence-electron chi connectivity index (χ3n) is 2.83. The molecule has 0 saturated carbocycles. The maximum Gasteiger partial charge on any atom is 0.123 e. The molecule has 1 rings (SSSR count). The van der Waals surface area contributed by atoms with Gasteiger partial charge in [-0.3, -0.25) is 0 Å². The fraction of sp³-hybridized carbons (Fsp3) is 0.533. The Bertz CT molecular complexity index is 439. The number of hydrogen-bond donors (Lipinski definition) is 1. The molecular formula is C15H22N2O. The van der Waals surface area contributed by atoms with Crippen molar-refractivity contribution in [2.45, 2.75) is 45.1 Å². The predicted octanol–water partition coefficient (Wildman–Crippen LogP) is 2.99. The highest BCUT2D eigenvalue weighted by Gasteiger charge is 2.20. The van der Waals surface area contributed by atoms with Crippen molar-refractivity contribution in [2.24, 2.45) is 5.73 Å². The predicted molar refractivity (Wildman–Crippen MR) is 73.5 cm³/mol. The van der Waals surface area contributed by atoms with Gasteiger partial charge >= 0.3 is 0 Å². The Labute approximate surface area is 110 Å². The number of ether oxygens (including phenoxy) is 1. The van der Waals surface area contributed by atoms with E-state index in [1.54, 1.807) is 6.92 Å². The zero-order chi connectivity index (χ0) is 13.8. The minimum atomic E-state index is -0.823. The van der Waals surface area contributed by atoms with Crippen molar-refractivity contribution in [3.8, 4) is 11.8 Å². The number of para-hydroxylation sites is 1. The van der Waals surface area contributed by atoms with Crippen molar-refractivity contribution in [3.63, 3.8) is 0 Å². The topological polar surface area (TPSA) is 59.0 Å². The van der Waals surface area contributed by atoms with Crippen molar-refractivity contribution < 1.29 is 4.74 Å². The molecule has 98 valence electrons. The molecule has 0 aliphatic carbocycles. The lowest BCUT2D eigenvalue weighted by Crippen LogP contribution is -2.35. The lowest BCUT2D eigenvalue weighted by molar-refractivity contribution is 0.280. The molecule has 0 aliphatic rings. The molecule has 0 fully saturated rings. The molecule has 0 aromatic heterocycles. The van der Waals surface area contributed by atoms with Gasteiger partial charge in [0.05, 0.1) is 12.7 Å². The molecule has 0 aliphatic heterocycles. The van der Waals surface area contributed by atoms with Crippen molar-refractivity contribution in [1.29, 1.82) is 5.26 Å². The number of benzene rings is 1. The van der Waals surface area contributed by atoms with Crippen LogP contribution in [0, 0.1) is 11.3 Å². The summed E-state index contributed by atoms with van der Waals surface area (Å²) in [4.78, 5) is 0. The SMILES string of the molecule is CC(N)(C#N)CCOc1ccccc1C(C)(C)C. The zero-order valence-electron chi connectivity index (χ0n) is 11.7. The smallest absolute Gasteiger partial charge is 0.123 e. The van der Waals surface area contributed by atoms with Gasteiger partial charge in [-0.1, -0.05) is 39.0 Å². The van der Waals surface area contributed by atoms with E-state index >= 15 is 0 Å². The molecule has 0 heterocycles. The van der Waals surface area contributed by atoms with Crippen LogP contribution in [0.1, 0.15) is 39.7 Å². The van der Waals surface area contributed by atoms with E-state index < -0.39 is 5.54 Å². The van der Waals surface area contributed by atoms with Crippen LogP contribution in [0.2, 0.25) is 0 Å². The maximum absolute atomic E-state index is 8.84. The molecule has 1 atom stereocenters. The fourth-order valence-electron chi connectivity index (χ4n) is 1.64. The molecule has 3 nitrogen and oxygen atoms in total. The van der Waals surface area contributed by atoms with E-state index in [0.717, 1.165) is 5.75 Å². The van der Waals surface area contributed by atoms with Crippen molar-refractivity contribution in [1.82, 2.24) is 0 Å². The molecule has 1 aromatic rings. The Morgan fingerprint density at radius 3 is 2.39 bits per heavy atom. The highest BCUT2D eigenvalue weighted by Crippen LogP contribution is 2.31. The Kier molecular flexibility index (Phi) is 4.37. The molecule has 0 spiro atoms. The molecule has 0 bridgehead atoms. The van der Waals surface area contributed by atoms with E-state index in [1.165, 1.54) is 5.56 Å². The molecule has 1 unspecified atom stereocenters. The third kappa shape index (κ3) is 4.05. The Balaban J connectivity index is 2.72. The van der Waals surface area contributed by atoms with Gasteiger partial charge in [-0.25, -0.2) is 0 Å². The summed E-state index contributed by atoms with van der Waals surface area (Å²) in [6.07, 6.45) is 0.516. The first-order valence-corrected chi connectivity index (χ1v) is 6.19. The van der Waals surface area contributed by atoms with Crippen LogP contribution in [0.15, 0.2) is 24.3 Å². The molecular weight excluding hydrogens is 224 g/mol. The highest BCUT2D eigenvalue weighted by molar-refractivity contribution is 5.38. The zero-order valence-corrected chi connectivity index (χ0v) is 11.7. The van der Waals surface area contributed by atoms with Crippen LogP contribution in [-0.4, -0.2) is 12.1 Å². The lowest BCUT2D eigenvalue weighted by atomic mass is 9.86. The Hall–Kier alpha value is -1.53. The van der Waals surface area contributed by atoms with Gasteiger partial charge in [0.1, 0.15) is 11.3 Å². The van der Waals surface area contributed by atoms with Gasteiger partial charge in [-0.2, -0.15) is 5.26 Å². The number of rotatable bonds is 4.